The highest BCUT2D eigenvalue weighted by molar-refractivity contribution is 5.98. The van der Waals surface area contributed by atoms with Crippen LogP contribution in [0.1, 0.15) is 52.7 Å². The van der Waals surface area contributed by atoms with E-state index in [0.29, 0.717) is 43.9 Å². The molecule has 2 amide bonds. The first-order chi connectivity index (χ1) is 14.9. The fourth-order valence-electron chi connectivity index (χ4n) is 3.96. The van der Waals surface area contributed by atoms with Gasteiger partial charge in [-0.25, -0.2) is 14.1 Å². The van der Waals surface area contributed by atoms with Crippen LogP contribution in [-0.4, -0.2) is 62.6 Å². The largest absolute Gasteiger partial charge is 0.337 e. The maximum Gasteiger partial charge on any atom is 0.256 e. The topological polar surface area (TPSA) is 71.3 Å². The summed E-state index contributed by atoms with van der Waals surface area (Å²) in [6, 6.07) is 8.01. The number of carbonyl (C=O) groups is 2. The van der Waals surface area contributed by atoms with E-state index in [1.165, 1.54) is 12.1 Å². The van der Waals surface area contributed by atoms with Gasteiger partial charge in [-0.05, 0) is 45.4 Å². The van der Waals surface area contributed by atoms with Crippen molar-refractivity contribution in [3.05, 3.63) is 59.2 Å². The Kier molecular flexibility index (Phi) is 5.71. The number of halogens is 1. The van der Waals surface area contributed by atoms with Crippen molar-refractivity contribution in [2.45, 2.75) is 33.2 Å². The van der Waals surface area contributed by atoms with Crippen LogP contribution in [-0.2, 0) is 0 Å². The lowest BCUT2D eigenvalue weighted by Crippen LogP contribution is -2.37. The normalized spacial score (nSPS) is 14.9. The maximum absolute atomic E-state index is 14.0. The number of hydrogen-bond donors (Lipinski definition) is 0. The second kappa shape index (κ2) is 8.45. The van der Waals surface area contributed by atoms with Crippen LogP contribution in [0.5, 0.6) is 0 Å². The molecule has 1 fully saturated rings. The molecular weight excluding hydrogens is 397 g/mol. The lowest BCUT2D eigenvalue weighted by Gasteiger charge is -2.23. The molecule has 1 saturated heterocycles. The van der Waals surface area contributed by atoms with Crippen molar-refractivity contribution in [2.24, 2.45) is 0 Å². The third kappa shape index (κ3) is 4.02. The molecule has 0 radical (unpaired) electrons. The van der Waals surface area contributed by atoms with E-state index < -0.39 is 5.82 Å². The number of hydrogen-bond acceptors (Lipinski definition) is 4. The Hall–Kier alpha value is -3.29. The second-order valence-electron chi connectivity index (χ2n) is 8.13. The van der Waals surface area contributed by atoms with Gasteiger partial charge in [0.05, 0.1) is 23.0 Å². The molecule has 162 valence electrons. The van der Waals surface area contributed by atoms with Gasteiger partial charge in [0, 0.05) is 37.6 Å². The highest BCUT2D eigenvalue weighted by Crippen LogP contribution is 2.21. The predicted molar refractivity (Wildman–Crippen MR) is 115 cm³/mol. The summed E-state index contributed by atoms with van der Waals surface area (Å²) >= 11 is 0. The summed E-state index contributed by atoms with van der Waals surface area (Å²) in [6.07, 6.45) is 2.36. The zero-order chi connectivity index (χ0) is 22.1. The van der Waals surface area contributed by atoms with Crippen molar-refractivity contribution in [1.82, 2.24) is 24.6 Å². The fourth-order valence-corrected chi connectivity index (χ4v) is 3.96. The van der Waals surface area contributed by atoms with Gasteiger partial charge in [0.2, 0.25) is 0 Å². The smallest absolute Gasteiger partial charge is 0.256 e. The zero-order valence-corrected chi connectivity index (χ0v) is 18.0. The summed E-state index contributed by atoms with van der Waals surface area (Å²) < 4.78 is 15.9. The minimum absolute atomic E-state index is 0.0648. The molecule has 4 rings (SSSR count). The lowest BCUT2D eigenvalue weighted by molar-refractivity contribution is 0.0715. The summed E-state index contributed by atoms with van der Waals surface area (Å²) in [6.45, 7) is 7.66. The van der Waals surface area contributed by atoms with Crippen molar-refractivity contribution >= 4 is 22.8 Å². The van der Waals surface area contributed by atoms with Crippen molar-refractivity contribution in [3.8, 4) is 0 Å². The van der Waals surface area contributed by atoms with Crippen LogP contribution in [0.25, 0.3) is 11.0 Å². The van der Waals surface area contributed by atoms with Gasteiger partial charge >= 0.3 is 0 Å². The quantitative estimate of drug-likeness (QED) is 0.647. The van der Waals surface area contributed by atoms with Gasteiger partial charge in [-0.1, -0.05) is 12.1 Å². The first-order valence-corrected chi connectivity index (χ1v) is 10.5. The van der Waals surface area contributed by atoms with Gasteiger partial charge in [0.15, 0.2) is 5.65 Å². The van der Waals surface area contributed by atoms with Gasteiger partial charge < -0.3 is 9.80 Å². The van der Waals surface area contributed by atoms with E-state index in [2.05, 4.69) is 10.1 Å². The lowest BCUT2D eigenvalue weighted by atomic mass is 10.1. The minimum atomic E-state index is -0.526. The first-order valence-electron chi connectivity index (χ1n) is 10.5. The maximum atomic E-state index is 14.0. The summed E-state index contributed by atoms with van der Waals surface area (Å²) in [5.74, 6) is -0.973. The zero-order valence-electron chi connectivity index (χ0n) is 18.0. The van der Waals surface area contributed by atoms with E-state index in [1.807, 2.05) is 31.5 Å². The van der Waals surface area contributed by atoms with E-state index >= 15 is 0 Å². The predicted octanol–water partition coefficient (Wildman–Crippen LogP) is 3.45. The monoisotopic (exact) mass is 423 g/mol. The summed E-state index contributed by atoms with van der Waals surface area (Å²) in [5.41, 5.74) is 2.03. The Morgan fingerprint density at radius 1 is 1.00 bits per heavy atom. The van der Waals surface area contributed by atoms with E-state index in [4.69, 9.17) is 0 Å². The van der Waals surface area contributed by atoms with Crippen molar-refractivity contribution in [3.63, 3.8) is 0 Å². The van der Waals surface area contributed by atoms with Crippen LogP contribution in [0.15, 0.2) is 36.5 Å². The molecule has 1 aromatic carbocycles. The van der Waals surface area contributed by atoms with Crippen LogP contribution in [0.3, 0.4) is 0 Å². The highest BCUT2D eigenvalue weighted by Gasteiger charge is 2.26. The number of nitrogens with zero attached hydrogens (tertiary/aromatic N) is 5. The molecule has 2 aromatic heterocycles. The molecule has 3 aromatic rings. The molecular formula is C23H26FN5O2. The van der Waals surface area contributed by atoms with Crippen LogP contribution in [0, 0.1) is 12.7 Å². The number of amides is 2. The summed E-state index contributed by atoms with van der Waals surface area (Å²) in [4.78, 5) is 34.0. The molecule has 8 heteroatoms. The van der Waals surface area contributed by atoms with Gasteiger partial charge in [-0.3, -0.25) is 9.59 Å². The van der Waals surface area contributed by atoms with E-state index in [-0.39, 0.29) is 23.4 Å². The number of pyridine rings is 1. The molecule has 0 bridgehead atoms. The van der Waals surface area contributed by atoms with E-state index in [9.17, 15) is 14.0 Å². The molecule has 1 aliphatic heterocycles. The van der Waals surface area contributed by atoms with Gasteiger partial charge in [-0.15, -0.1) is 0 Å². The Labute approximate surface area is 180 Å². The Balaban J connectivity index is 1.52. The molecule has 3 heterocycles. The molecule has 0 saturated carbocycles. The van der Waals surface area contributed by atoms with Crippen LogP contribution < -0.4 is 0 Å². The molecule has 31 heavy (non-hydrogen) atoms. The molecule has 0 unspecified atom stereocenters. The fraction of sp³-hybridized carbons (Fsp3) is 0.391. The molecule has 0 N–H and O–H groups in total. The Bertz CT molecular complexity index is 1140. The Morgan fingerprint density at radius 3 is 2.29 bits per heavy atom. The van der Waals surface area contributed by atoms with Gasteiger partial charge in [0.25, 0.3) is 11.8 Å². The molecule has 0 atom stereocenters. The number of fused-ring (bicyclic) bond motifs is 1. The molecule has 0 spiro atoms. The van der Waals surface area contributed by atoms with E-state index in [0.717, 1.165) is 11.0 Å². The highest BCUT2D eigenvalue weighted by atomic mass is 19.1. The van der Waals surface area contributed by atoms with E-state index in [1.54, 1.807) is 28.1 Å². The number of aromatic nitrogens is 3. The first kappa shape index (κ1) is 21.0. The molecule has 1 aliphatic rings. The van der Waals surface area contributed by atoms with Crippen molar-refractivity contribution in [2.75, 3.05) is 26.2 Å². The van der Waals surface area contributed by atoms with Crippen LogP contribution in [0.4, 0.5) is 4.39 Å². The van der Waals surface area contributed by atoms with Crippen LogP contribution in [0.2, 0.25) is 0 Å². The number of carbonyl (C=O) groups excluding carboxylic acids is 2. The number of aryl methyl sites for hydroxylation is 1. The summed E-state index contributed by atoms with van der Waals surface area (Å²) in [5, 5.41) is 5.21. The standard InChI is InChI=1S/C23H26FN5O2/c1-15(2)29-21-17(14-25-29)13-19(16(3)26-21)23(31)28-10-6-9-27(11-12-28)22(30)18-7-4-5-8-20(18)24/h4-5,7-8,13-15H,6,9-12H2,1-3H3. The number of benzene rings is 1. The second-order valence-corrected chi connectivity index (χ2v) is 8.13. The number of rotatable bonds is 3. The summed E-state index contributed by atoms with van der Waals surface area (Å²) in [7, 11) is 0. The minimum Gasteiger partial charge on any atom is -0.337 e. The molecule has 0 aliphatic carbocycles. The average Bonchev–Trinajstić information content (AvgIpc) is 3.00. The Morgan fingerprint density at radius 2 is 1.65 bits per heavy atom. The SMILES string of the molecule is Cc1nc2c(cnn2C(C)C)cc1C(=O)N1CCCN(C(=O)c2ccccc2F)CC1. The average molecular weight is 423 g/mol. The van der Waals surface area contributed by atoms with Crippen molar-refractivity contribution in [1.29, 1.82) is 0 Å². The molecule has 7 nitrogen and oxygen atoms in total. The van der Waals surface area contributed by atoms with Crippen LogP contribution >= 0.6 is 0 Å². The van der Waals surface area contributed by atoms with Gasteiger partial charge in [-0.2, -0.15) is 5.10 Å². The third-order valence-electron chi connectivity index (χ3n) is 5.65. The third-order valence-corrected chi connectivity index (χ3v) is 5.65. The van der Waals surface area contributed by atoms with Crippen molar-refractivity contribution < 1.29 is 14.0 Å². The van der Waals surface area contributed by atoms with Gasteiger partial charge in [0.1, 0.15) is 5.82 Å².